The number of carbonyl (C=O) groups excluding carboxylic acids is 2. The van der Waals surface area contributed by atoms with Crippen LogP contribution in [0, 0.1) is 0 Å². The minimum absolute atomic E-state index is 0.152. The van der Waals surface area contributed by atoms with Crippen LogP contribution in [0.2, 0.25) is 0 Å². The van der Waals surface area contributed by atoms with Gasteiger partial charge in [0, 0.05) is 6.42 Å². The molecule has 0 spiro atoms. The van der Waals surface area contributed by atoms with Crippen molar-refractivity contribution in [2.45, 2.75) is 44.0 Å². The van der Waals surface area contributed by atoms with Gasteiger partial charge in [-0.2, -0.15) is 0 Å². The Kier molecular flexibility index (Phi) is 5.72. The van der Waals surface area contributed by atoms with Crippen molar-refractivity contribution in [3.63, 3.8) is 0 Å². The van der Waals surface area contributed by atoms with Crippen LogP contribution in [0.5, 0.6) is 0 Å². The minimum Gasteiger partial charge on any atom is -0.462 e. The van der Waals surface area contributed by atoms with E-state index in [0.717, 1.165) is 0 Å². The van der Waals surface area contributed by atoms with Crippen molar-refractivity contribution in [3.05, 3.63) is 48.6 Å². The molecular formula is C17H20O5. The second-order valence-electron chi connectivity index (χ2n) is 5.29. The summed E-state index contributed by atoms with van der Waals surface area (Å²) >= 11 is 0. The van der Waals surface area contributed by atoms with Gasteiger partial charge in [-0.05, 0) is 25.0 Å². The Hall–Kier alpha value is -2.14. The third-order valence-corrected chi connectivity index (χ3v) is 3.58. The van der Waals surface area contributed by atoms with E-state index in [1.165, 1.54) is 6.08 Å². The first-order valence-electron chi connectivity index (χ1n) is 7.34. The summed E-state index contributed by atoms with van der Waals surface area (Å²) in [6.07, 6.45) is 1.19. The molecule has 118 valence electrons. The molecule has 0 saturated heterocycles. The average molecular weight is 304 g/mol. The van der Waals surface area contributed by atoms with Gasteiger partial charge in [0.05, 0.1) is 18.1 Å². The van der Waals surface area contributed by atoms with Gasteiger partial charge in [0.15, 0.2) is 0 Å². The number of ether oxygens (including phenoxy) is 2. The molecule has 0 bridgehead atoms. The van der Waals surface area contributed by atoms with Crippen molar-refractivity contribution in [1.29, 1.82) is 0 Å². The SMILES string of the molecule is C=CCC(=O)OC1CCC(OC(=O)c2ccccc2)C(O)C1. The Balaban J connectivity index is 1.84. The van der Waals surface area contributed by atoms with E-state index in [0.29, 0.717) is 18.4 Å². The highest BCUT2D eigenvalue weighted by Gasteiger charge is 2.33. The molecule has 2 rings (SSSR count). The summed E-state index contributed by atoms with van der Waals surface area (Å²) in [6.45, 7) is 3.47. The molecular weight excluding hydrogens is 284 g/mol. The van der Waals surface area contributed by atoms with Gasteiger partial charge < -0.3 is 14.6 Å². The highest BCUT2D eigenvalue weighted by atomic mass is 16.6. The zero-order chi connectivity index (χ0) is 15.9. The molecule has 22 heavy (non-hydrogen) atoms. The van der Waals surface area contributed by atoms with E-state index in [1.54, 1.807) is 24.3 Å². The molecule has 1 N–H and O–H groups in total. The smallest absolute Gasteiger partial charge is 0.338 e. The van der Waals surface area contributed by atoms with Crippen LogP contribution in [0.4, 0.5) is 0 Å². The molecule has 1 aromatic rings. The van der Waals surface area contributed by atoms with E-state index in [1.807, 2.05) is 6.07 Å². The van der Waals surface area contributed by atoms with Crippen molar-refractivity contribution in [2.75, 3.05) is 0 Å². The molecule has 5 nitrogen and oxygen atoms in total. The molecule has 1 aromatic carbocycles. The van der Waals surface area contributed by atoms with Crippen molar-refractivity contribution < 1.29 is 24.2 Å². The Morgan fingerprint density at radius 1 is 1.23 bits per heavy atom. The van der Waals surface area contributed by atoms with E-state index in [4.69, 9.17) is 9.47 Å². The van der Waals surface area contributed by atoms with Crippen LogP contribution in [-0.2, 0) is 14.3 Å². The van der Waals surface area contributed by atoms with Gasteiger partial charge in [0.25, 0.3) is 0 Å². The summed E-state index contributed by atoms with van der Waals surface area (Å²) in [7, 11) is 0. The van der Waals surface area contributed by atoms with Gasteiger partial charge in [-0.15, -0.1) is 6.58 Å². The first kappa shape index (κ1) is 16.2. The van der Waals surface area contributed by atoms with Gasteiger partial charge >= 0.3 is 11.9 Å². The predicted octanol–water partition coefficient (Wildman–Crippen LogP) is 2.24. The fourth-order valence-corrected chi connectivity index (χ4v) is 2.46. The van der Waals surface area contributed by atoms with Gasteiger partial charge in [0.2, 0.25) is 0 Å². The van der Waals surface area contributed by atoms with Gasteiger partial charge in [-0.1, -0.05) is 24.3 Å². The number of aliphatic hydroxyl groups is 1. The summed E-state index contributed by atoms with van der Waals surface area (Å²) in [4.78, 5) is 23.4. The Labute approximate surface area is 129 Å². The minimum atomic E-state index is -0.831. The van der Waals surface area contributed by atoms with E-state index >= 15 is 0 Å². The van der Waals surface area contributed by atoms with Crippen LogP contribution in [0.15, 0.2) is 43.0 Å². The molecule has 1 saturated carbocycles. The molecule has 0 aromatic heterocycles. The normalized spacial score (nSPS) is 24.3. The van der Waals surface area contributed by atoms with Crippen molar-refractivity contribution in [2.24, 2.45) is 0 Å². The van der Waals surface area contributed by atoms with Crippen LogP contribution in [0.1, 0.15) is 36.0 Å². The highest BCUT2D eigenvalue weighted by Crippen LogP contribution is 2.25. The first-order valence-corrected chi connectivity index (χ1v) is 7.34. The molecule has 1 fully saturated rings. The summed E-state index contributed by atoms with van der Waals surface area (Å²) in [5.41, 5.74) is 0.453. The van der Waals surface area contributed by atoms with Gasteiger partial charge in [-0.25, -0.2) is 4.79 Å². The van der Waals surface area contributed by atoms with Crippen molar-refractivity contribution in [1.82, 2.24) is 0 Å². The second-order valence-corrected chi connectivity index (χ2v) is 5.29. The molecule has 0 aliphatic heterocycles. The number of aliphatic hydroxyl groups excluding tert-OH is 1. The topological polar surface area (TPSA) is 72.8 Å². The van der Waals surface area contributed by atoms with Crippen LogP contribution >= 0.6 is 0 Å². The number of esters is 2. The first-order chi connectivity index (χ1) is 10.6. The summed E-state index contributed by atoms with van der Waals surface area (Å²) < 4.78 is 10.6. The van der Waals surface area contributed by atoms with E-state index in [9.17, 15) is 14.7 Å². The number of benzene rings is 1. The number of hydrogen-bond acceptors (Lipinski definition) is 5. The third-order valence-electron chi connectivity index (χ3n) is 3.58. The third kappa shape index (κ3) is 4.43. The second kappa shape index (κ2) is 7.75. The summed E-state index contributed by atoms with van der Waals surface area (Å²) in [5.74, 6) is -0.807. The zero-order valence-electron chi connectivity index (χ0n) is 12.3. The predicted molar refractivity (Wildman–Crippen MR) is 80.2 cm³/mol. The van der Waals surface area contributed by atoms with Crippen molar-refractivity contribution in [3.8, 4) is 0 Å². The molecule has 0 radical (unpaired) electrons. The maximum Gasteiger partial charge on any atom is 0.338 e. The van der Waals surface area contributed by atoms with Crippen LogP contribution in [-0.4, -0.2) is 35.4 Å². The van der Waals surface area contributed by atoms with Gasteiger partial charge in [0.1, 0.15) is 12.2 Å². The number of rotatable bonds is 5. The van der Waals surface area contributed by atoms with Gasteiger partial charge in [-0.3, -0.25) is 4.79 Å². The Bertz CT molecular complexity index is 525. The molecule has 1 aliphatic carbocycles. The standard InChI is InChI=1S/C17H20O5/c1-2-6-16(19)21-13-9-10-15(14(18)11-13)22-17(20)12-7-4-3-5-8-12/h2-5,7-8,13-15,18H,1,6,9-11H2. The van der Waals surface area contributed by atoms with E-state index in [-0.39, 0.29) is 24.9 Å². The molecule has 1 aliphatic rings. The van der Waals surface area contributed by atoms with E-state index in [2.05, 4.69) is 6.58 Å². The molecule has 0 amide bonds. The highest BCUT2D eigenvalue weighted by molar-refractivity contribution is 5.89. The largest absolute Gasteiger partial charge is 0.462 e. The lowest BCUT2D eigenvalue weighted by atomic mass is 9.92. The van der Waals surface area contributed by atoms with Crippen LogP contribution in [0.3, 0.4) is 0 Å². The Morgan fingerprint density at radius 3 is 2.59 bits per heavy atom. The molecule has 3 atom stereocenters. The zero-order valence-corrected chi connectivity index (χ0v) is 12.3. The van der Waals surface area contributed by atoms with Crippen molar-refractivity contribution >= 4 is 11.9 Å². The Morgan fingerprint density at radius 2 is 1.95 bits per heavy atom. The van der Waals surface area contributed by atoms with Crippen LogP contribution in [0.25, 0.3) is 0 Å². The fraction of sp³-hybridized carbons (Fsp3) is 0.412. The monoisotopic (exact) mass is 304 g/mol. The quantitative estimate of drug-likeness (QED) is 0.667. The maximum atomic E-state index is 12.0. The summed E-state index contributed by atoms with van der Waals surface area (Å²) in [5, 5.41) is 10.1. The lowest BCUT2D eigenvalue weighted by molar-refractivity contribution is -0.154. The summed E-state index contributed by atoms with van der Waals surface area (Å²) in [6, 6.07) is 8.65. The van der Waals surface area contributed by atoms with Crippen LogP contribution < -0.4 is 0 Å². The lowest BCUT2D eigenvalue weighted by Crippen LogP contribution is -2.40. The number of carbonyl (C=O) groups is 2. The molecule has 5 heteroatoms. The maximum absolute atomic E-state index is 12.0. The number of hydrogen-bond donors (Lipinski definition) is 1. The average Bonchev–Trinajstić information content (AvgIpc) is 2.51. The van der Waals surface area contributed by atoms with E-state index < -0.39 is 18.2 Å². The fourth-order valence-electron chi connectivity index (χ4n) is 2.46. The lowest BCUT2D eigenvalue weighted by Gasteiger charge is -2.32. The molecule has 0 heterocycles. The molecule has 3 unspecified atom stereocenters.